The molecule has 0 unspecified atom stereocenters. The molecule has 0 bridgehead atoms. The maximum atomic E-state index is 12.9. The molecule has 2 aromatic heterocycles. The summed E-state index contributed by atoms with van der Waals surface area (Å²) >= 11 is 0. The fraction of sp³-hybridized carbons (Fsp3) is 0.259. The average Bonchev–Trinajstić information content (AvgIpc) is 3.16. The average molecular weight is 474 g/mol. The summed E-state index contributed by atoms with van der Waals surface area (Å²) in [6, 6.07) is 16.4. The van der Waals surface area contributed by atoms with Crippen LogP contribution in [0.15, 0.2) is 59.4 Å². The third-order valence-electron chi connectivity index (χ3n) is 6.14. The van der Waals surface area contributed by atoms with Gasteiger partial charge in [-0.25, -0.2) is 9.48 Å². The van der Waals surface area contributed by atoms with Crippen LogP contribution in [0.25, 0.3) is 10.8 Å². The van der Waals surface area contributed by atoms with Crippen molar-refractivity contribution in [2.45, 2.75) is 26.8 Å². The van der Waals surface area contributed by atoms with E-state index < -0.39 is 12.6 Å². The first kappa shape index (κ1) is 23.9. The number of methoxy groups -OCH3 is 1. The van der Waals surface area contributed by atoms with Gasteiger partial charge in [-0.2, -0.15) is 5.10 Å². The van der Waals surface area contributed by atoms with E-state index in [1.807, 2.05) is 44.2 Å². The van der Waals surface area contributed by atoms with E-state index in [4.69, 9.17) is 9.47 Å². The number of fused-ring (bicyclic) bond motifs is 1. The topological polar surface area (TPSA) is 92.4 Å². The molecule has 8 heteroatoms. The molecule has 0 aliphatic heterocycles. The number of carbonyl (C=O) groups excluding carboxylic acids is 2. The molecule has 0 atom stereocenters. The Labute approximate surface area is 202 Å². The second-order valence-electron chi connectivity index (χ2n) is 8.36. The first-order valence-corrected chi connectivity index (χ1v) is 11.3. The van der Waals surface area contributed by atoms with Gasteiger partial charge in [0.25, 0.3) is 5.56 Å². The summed E-state index contributed by atoms with van der Waals surface area (Å²) in [5, 5.41) is 4.82. The molecule has 0 spiro atoms. The van der Waals surface area contributed by atoms with Gasteiger partial charge in [-0.05, 0) is 50.1 Å². The highest BCUT2D eigenvalue weighted by Crippen LogP contribution is 2.19. The number of carbonyl (C=O) groups is 2. The molecule has 0 saturated heterocycles. The Morgan fingerprint density at radius 1 is 1.00 bits per heavy atom. The van der Waals surface area contributed by atoms with Crippen molar-refractivity contribution in [3.63, 3.8) is 0 Å². The number of aromatic nitrogens is 3. The van der Waals surface area contributed by atoms with Crippen LogP contribution in [0.5, 0.6) is 5.75 Å². The van der Waals surface area contributed by atoms with Crippen LogP contribution in [-0.4, -0.2) is 39.8 Å². The van der Waals surface area contributed by atoms with Gasteiger partial charge in [-0.1, -0.05) is 30.3 Å². The van der Waals surface area contributed by atoms with Gasteiger partial charge in [0.15, 0.2) is 12.3 Å². The van der Waals surface area contributed by atoms with E-state index in [9.17, 15) is 14.4 Å². The number of benzene rings is 2. The number of Topliss-reactive ketones (excluding diaryl/α,β-unsaturated/α-hetero) is 1. The standard InChI is InChI=1S/C27H27N3O5/c1-17-15-23(18(2)30(17)14-13-19-9-11-20(34-4)12-10-19)24(31)16-35-27(33)25-21-7-5-6-8-22(21)26(32)29(3)28-25/h5-12,15H,13-14,16H2,1-4H3. The van der Waals surface area contributed by atoms with Crippen LogP contribution in [0, 0.1) is 13.8 Å². The van der Waals surface area contributed by atoms with Gasteiger partial charge < -0.3 is 14.0 Å². The molecule has 2 aromatic carbocycles. The van der Waals surface area contributed by atoms with Crippen molar-refractivity contribution in [1.29, 1.82) is 0 Å². The van der Waals surface area contributed by atoms with Crippen LogP contribution in [-0.2, 0) is 24.8 Å². The van der Waals surface area contributed by atoms with Crippen LogP contribution in [0.2, 0.25) is 0 Å². The number of nitrogens with zero attached hydrogens (tertiary/aromatic N) is 3. The second-order valence-corrected chi connectivity index (χ2v) is 8.36. The number of ketones is 1. The van der Waals surface area contributed by atoms with Crippen molar-refractivity contribution >= 4 is 22.5 Å². The Bertz CT molecular complexity index is 1460. The van der Waals surface area contributed by atoms with E-state index in [1.54, 1.807) is 31.4 Å². The van der Waals surface area contributed by atoms with Crippen LogP contribution < -0.4 is 10.3 Å². The van der Waals surface area contributed by atoms with Crippen molar-refractivity contribution in [1.82, 2.24) is 14.3 Å². The Balaban J connectivity index is 1.46. The largest absolute Gasteiger partial charge is 0.497 e. The summed E-state index contributed by atoms with van der Waals surface area (Å²) in [5.74, 6) is -0.236. The van der Waals surface area contributed by atoms with Crippen LogP contribution in [0.3, 0.4) is 0 Å². The molecular formula is C27H27N3O5. The zero-order chi connectivity index (χ0) is 25.1. The molecule has 0 fully saturated rings. The highest BCUT2D eigenvalue weighted by molar-refractivity contribution is 6.04. The Morgan fingerprint density at radius 2 is 1.69 bits per heavy atom. The Kier molecular flexibility index (Phi) is 6.82. The zero-order valence-electron chi connectivity index (χ0n) is 20.2. The van der Waals surface area contributed by atoms with Gasteiger partial charge in [0.05, 0.1) is 12.5 Å². The molecule has 0 radical (unpaired) electrons. The summed E-state index contributed by atoms with van der Waals surface area (Å²) in [5.41, 5.74) is 3.15. The molecule has 0 aliphatic rings. The summed E-state index contributed by atoms with van der Waals surface area (Å²) in [6.45, 7) is 4.13. The van der Waals surface area contributed by atoms with E-state index in [-0.39, 0.29) is 17.0 Å². The van der Waals surface area contributed by atoms with Gasteiger partial charge in [0, 0.05) is 35.9 Å². The molecule has 0 aliphatic carbocycles. The minimum Gasteiger partial charge on any atom is -0.497 e. The van der Waals surface area contributed by atoms with E-state index in [0.717, 1.165) is 33.8 Å². The molecule has 0 saturated carbocycles. The van der Waals surface area contributed by atoms with Crippen molar-refractivity contribution in [3.8, 4) is 5.75 Å². The maximum Gasteiger partial charge on any atom is 0.359 e. The highest BCUT2D eigenvalue weighted by Gasteiger charge is 2.21. The fourth-order valence-corrected chi connectivity index (χ4v) is 4.19. The monoisotopic (exact) mass is 473 g/mol. The first-order valence-electron chi connectivity index (χ1n) is 11.3. The number of ether oxygens (including phenoxy) is 2. The SMILES string of the molecule is COc1ccc(CCn2c(C)cc(C(=O)COC(=O)c3nn(C)c(=O)c4ccccc34)c2C)cc1. The molecule has 4 rings (SSSR count). The molecule has 35 heavy (non-hydrogen) atoms. The summed E-state index contributed by atoms with van der Waals surface area (Å²) in [4.78, 5) is 38.0. The normalized spacial score (nSPS) is 11.0. The number of hydrogen-bond acceptors (Lipinski definition) is 6. The van der Waals surface area contributed by atoms with E-state index >= 15 is 0 Å². The highest BCUT2D eigenvalue weighted by atomic mass is 16.5. The minimum absolute atomic E-state index is 0.000430. The third kappa shape index (κ3) is 4.87. The summed E-state index contributed by atoms with van der Waals surface area (Å²) < 4.78 is 13.7. The van der Waals surface area contributed by atoms with Gasteiger partial charge >= 0.3 is 5.97 Å². The fourth-order valence-electron chi connectivity index (χ4n) is 4.19. The predicted molar refractivity (Wildman–Crippen MR) is 132 cm³/mol. The van der Waals surface area contributed by atoms with Crippen LogP contribution >= 0.6 is 0 Å². The smallest absolute Gasteiger partial charge is 0.359 e. The molecule has 0 N–H and O–H groups in total. The third-order valence-corrected chi connectivity index (χ3v) is 6.14. The lowest BCUT2D eigenvalue weighted by Gasteiger charge is -2.11. The molecule has 2 heterocycles. The first-order chi connectivity index (χ1) is 16.8. The van der Waals surface area contributed by atoms with Crippen molar-refractivity contribution in [2.75, 3.05) is 13.7 Å². The van der Waals surface area contributed by atoms with Gasteiger partial charge in [0.1, 0.15) is 5.75 Å². The van der Waals surface area contributed by atoms with E-state index in [0.29, 0.717) is 22.9 Å². The van der Waals surface area contributed by atoms with Crippen molar-refractivity contribution in [2.24, 2.45) is 7.05 Å². The molecule has 4 aromatic rings. The quantitative estimate of drug-likeness (QED) is 0.287. The van der Waals surface area contributed by atoms with Gasteiger partial charge in [0.2, 0.25) is 5.78 Å². The number of esters is 1. The Morgan fingerprint density at radius 3 is 2.37 bits per heavy atom. The summed E-state index contributed by atoms with van der Waals surface area (Å²) in [7, 11) is 3.11. The molecule has 0 amide bonds. The van der Waals surface area contributed by atoms with Crippen LogP contribution in [0.4, 0.5) is 0 Å². The van der Waals surface area contributed by atoms with E-state index in [2.05, 4.69) is 9.67 Å². The van der Waals surface area contributed by atoms with Gasteiger partial charge in [-0.15, -0.1) is 0 Å². The van der Waals surface area contributed by atoms with Crippen molar-refractivity contribution < 1.29 is 19.1 Å². The molecular weight excluding hydrogens is 446 g/mol. The number of aryl methyl sites for hydroxylation is 3. The zero-order valence-corrected chi connectivity index (χ0v) is 20.2. The molecule has 180 valence electrons. The lowest BCUT2D eigenvalue weighted by atomic mass is 10.1. The lowest BCUT2D eigenvalue weighted by Crippen LogP contribution is -2.24. The molecule has 8 nitrogen and oxygen atoms in total. The predicted octanol–water partition coefficient (Wildman–Crippen LogP) is 3.64. The number of hydrogen-bond donors (Lipinski definition) is 0. The second kappa shape index (κ2) is 9.97. The van der Waals surface area contributed by atoms with E-state index in [1.165, 1.54) is 7.05 Å². The number of rotatable bonds is 8. The van der Waals surface area contributed by atoms with Crippen LogP contribution in [0.1, 0.15) is 37.8 Å². The lowest BCUT2D eigenvalue weighted by molar-refractivity contribution is 0.0468. The van der Waals surface area contributed by atoms with Gasteiger partial charge in [-0.3, -0.25) is 9.59 Å². The Hall–Kier alpha value is -4.20. The van der Waals surface area contributed by atoms with Crippen molar-refractivity contribution in [3.05, 3.63) is 93.2 Å². The minimum atomic E-state index is -0.751. The summed E-state index contributed by atoms with van der Waals surface area (Å²) in [6.07, 6.45) is 0.800. The maximum absolute atomic E-state index is 12.9.